The SMILES string of the molecule is CC(C)(C)CC(=O)NCCN1CCC(CNC(=O)c2cc(CF)cc(C(F)(F)F)c2)CC1. The number of carbonyl (C=O) groups excluding carboxylic acids is 2. The van der Waals surface area contributed by atoms with Gasteiger partial charge in [-0.25, -0.2) is 4.39 Å². The molecule has 2 amide bonds. The lowest BCUT2D eigenvalue weighted by Crippen LogP contribution is -2.42. The van der Waals surface area contributed by atoms with Crippen LogP contribution in [0.1, 0.15) is 61.5 Å². The van der Waals surface area contributed by atoms with Gasteiger partial charge in [-0.1, -0.05) is 20.8 Å². The number of likely N-dealkylation sites (tertiary alicyclic amines) is 1. The molecule has 5 nitrogen and oxygen atoms in total. The van der Waals surface area contributed by atoms with Gasteiger partial charge >= 0.3 is 6.18 Å². The van der Waals surface area contributed by atoms with E-state index in [0.29, 0.717) is 19.5 Å². The molecule has 0 atom stereocenters. The molecule has 180 valence electrons. The third-order valence-corrected chi connectivity index (χ3v) is 5.44. The number of carbonyl (C=O) groups is 2. The Kier molecular flexibility index (Phi) is 9.07. The molecule has 1 aliphatic rings. The first-order valence-corrected chi connectivity index (χ1v) is 10.9. The third-order valence-electron chi connectivity index (χ3n) is 5.44. The van der Waals surface area contributed by atoms with Crippen molar-refractivity contribution in [2.24, 2.45) is 11.3 Å². The summed E-state index contributed by atoms with van der Waals surface area (Å²) < 4.78 is 51.9. The van der Waals surface area contributed by atoms with E-state index in [1.807, 2.05) is 20.8 Å². The molecule has 0 aliphatic carbocycles. The summed E-state index contributed by atoms with van der Waals surface area (Å²) in [4.78, 5) is 26.5. The van der Waals surface area contributed by atoms with Gasteiger partial charge in [0.05, 0.1) is 5.56 Å². The van der Waals surface area contributed by atoms with Crippen molar-refractivity contribution in [2.75, 3.05) is 32.7 Å². The first-order valence-electron chi connectivity index (χ1n) is 10.9. The summed E-state index contributed by atoms with van der Waals surface area (Å²) in [5, 5.41) is 5.63. The number of benzene rings is 1. The summed E-state index contributed by atoms with van der Waals surface area (Å²) in [6, 6.07) is 2.63. The summed E-state index contributed by atoms with van der Waals surface area (Å²) in [5.41, 5.74) is -1.43. The van der Waals surface area contributed by atoms with Gasteiger partial charge in [0.25, 0.3) is 5.91 Å². The van der Waals surface area contributed by atoms with Crippen LogP contribution in [0, 0.1) is 11.3 Å². The van der Waals surface area contributed by atoms with E-state index in [1.165, 1.54) is 0 Å². The molecule has 9 heteroatoms. The minimum Gasteiger partial charge on any atom is -0.355 e. The Morgan fingerprint density at radius 2 is 1.72 bits per heavy atom. The number of halogens is 4. The molecule has 2 N–H and O–H groups in total. The standard InChI is InChI=1S/C23H33F4N3O2/c1-22(2,3)13-20(31)28-6-9-30-7-4-16(5-8-30)15-29-21(32)18-10-17(14-24)11-19(12-18)23(25,26)27/h10-12,16H,4-9,13-15H2,1-3H3,(H,28,31)(H,29,32). The van der Waals surface area contributed by atoms with Crippen LogP contribution >= 0.6 is 0 Å². The highest BCUT2D eigenvalue weighted by Gasteiger charge is 2.32. The fraction of sp³-hybridized carbons (Fsp3) is 0.652. The lowest BCUT2D eigenvalue weighted by Gasteiger charge is -2.32. The fourth-order valence-corrected chi connectivity index (χ4v) is 3.71. The minimum atomic E-state index is -4.64. The van der Waals surface area contributed by atoms with Crippen molar-refractivity contribution >= 4 is 11.8 Å². The number of amides is 2. The number of piperidine rings is 1. The Balaban J connectivity index is 1.75. The van der Waals surface area contributed by atoms with Gasteiger partial charge in [0, 0.05) is 31.6 Å². The molecule has 0 unspecified atom stereocenters. The van der Waals surface area contributed by atoms with Crippen LogP contribution < -0.4 is 10.6 Å². The third kappa shape index (κ3) is 8.76. The predicted octanol–water partition coefficient (Wildman–Crippen LogP) is 4.17. The van der Waals surface area contributed by atoms with Crippen LogP contribution in [-0.2, 0) is 17.6 Å². The molecular weight excluding hydrogens is 426 g/mol. The van der Waals surface area contributed by atoms with E-state index in [1.54, 1.807) is 0 Å². The molecule has 1 saturated heterocycles. The maximum absolute atomic E-state index is 13.0. The molecule has 32 heavy (non-hydrogen) atoms. The van der Waals surface area contributed by atoms with Crippen molar-refractivity contribution in [2.45, 2.75) is 52.9 Å². The number of hydrogen-bond donors (Lipinski definition) is 2. The summed E-state index contributed by atoms with van der Waals surface area (Å²) >= 11 is 0. The monoisotopic (exact) mass is 459 g/mol. The van der Waals surface area contributed by atoms with Gasteiger partial charge in [-0.05, 0) is 61.0 Å². The molecule has 0 bridgehead atoms. The topological polar surface area (TPSA) is 61.4 Å². The van der Waals surface area contributed by atoms with Gasteiger partial charge in [-0.2, -0.15) is 13.2 Å². The van der Waals surface area contributed by atoms with Crippen LogP contribution in [0.3, 0.4) is 0 Å². The summed E-state index contributed by atoms with van der Waals surface area (Å²) in [6.07, 6.45) is -2.48. The van der Waals surface area contributed by atoms with Crippen LogP contribution in [0.4, 0.5) is 17.6 Å². The second kappa shape index (κ2) is 11.1. The van der Waals surface area contributed by atoms with Crippen LogP contribution in [0.2, 0.25) is 0 Å². The quantitative estimate of drug-likeness (QED) is 0.574. The Morgan fingerprint density at radius 1 is 1.06 bits per heavy atom. The Hall–Kier alpha value is -2.16. The highest BCUT2D eigenvalue weighted by Crippen LogP contribution is 2.31. The number of hydrogen-bond acceptors (Lipinski definition) is 3. The number of rotatable bonds is 8. The molecule has 0 aromatic heterocycles. The first kappa shape index (κ1) is 26.1. The minimum absolute atomic E-state index is 0.0422. The predicted molar refractivity (Wildman–Crippen MR) is 115 cm³/mol. The second-order valence-corrected chi connectivity index (χ2v) is 9.63. The molecule has 0 saturated carbocycles. The average Bonchev–Trinajstić information content (AvgIpc) is 2.70. The van der Waals surface area contributed by atoms with E-state index in [4.69, 9.17) is 0 Å². The number of alkyl halides is 4. The first-order chi connectivity index (χ1) is 14.9. The molecule has 0 radical (unpaired) electrons. The van der Waals surface area contributed by atoms with Crippen molar-refractivity contribution in [1.29, 1.82) is 0 Å². The van der Waals surface area contributed by atoms with Crippen LogP contribution in [0.25, 0.3) is 0 Å². The summed E-state index contributed by atoms with van der Waals surface area (Å²) in [5.74, 6) is -0.368. The van der Waals surface area contributed by atoms with Gasteiger partial charge in [0.1, 0.15) is 6.67 Å². The molecule has 0 spiro atoms. The molecule has 2 rings (SSSR count). The lowest BCUT2D eigenvalue weighted by molar-refractivity contribution is -0.137. The van der Waals surface area contributed by atoms with Gasteiger partial charge in [-0.15, -0.1) is 0 Å². The molecule has 1 heterocycles. The maximum atomic E-state index is 13.0. The van der Waals surface area contributed by atoms with E-state index >= 15 is 0 Å². The summed E-state index contributed by atoms with van der Waals surface area (Å²) in [7, 11) is 0. The van der Waals surface area contributed by atoms with E-state index < -0.39 is 24.3 Å². The van der Waals surface area contributed by atoms with Gasteiger partial charge in [-0.3, -0.25) is 9.59 Å². The van der Waals surface area contributed by atoms with Gasteiger partial charge in [0.15, 0.2) is 0 Å². The van der Waals surface area contributed by atoms with E-state index in [-0.39, 0.29) is 28.4 Å². The molecule has 1 aromatic carbocycles. The maximum Gasteiger partial charge on any atom is 0.416 e. The molecule has 1 aromatic rings. The fourth-order valence-electron chi connectivity index (χ4n) is 3.71. The Morgan fingerprint density at radius 3 is 2.28 bits per heavy atom. The largest absolute Gasteiger partial charge is 0.416 e. The van der Waals surface area contributed by atoms with Crippen LogP contribution in [0.5, 0.6) is 0 Å². The zero-order valence-corrected chi connectivity index (χ0v) is 18.9. The van der Waals surface area contributed by atoms with E-state index in [2.05, 4.69) is 15.5 Å². The van der Waals surface area contributed by atoms with Gasteiger partial charge in [0.2, 0.25) is 5.91 Å². The molecular formula is C23H33F4N3O2. The Bertz CT molecular complexity index is 782. The van der Waals surface area contributed by atoms with Crippen LogP contribution in [-0.4, -0.2) is 49.4 Å². The zero-order chi connectivity index (χ0) is 23.9. The van der Waals surface area contributed by atoms with Crippen molar-refractivity contribution < 1.29 is 27.2 Å². The summed E-state index contributed by atoms with van der Waals surface area (Å²) in [6.45, 7) is 8.33. The highest BCUT2D eigenvalue weighted by molar-refractivity contribution is 5.94. The van der Waals surface area contributed by atoms with E-state index in [9.17, 15) is 27.2 Å². The highest BCUT2D eigenvalue weighted by atomic mass is 19.4. The number of nitrogens with zero attached hydrogens (tertiary/aromatic N) is 1. The molecule has 1 aliphatic heterocycles. The van der Waals surface area contributed by atoms with E-state index in [0.717, 1.165) is 50.7 Å². The van der Waals surface area contributed by atoms with Crippen molar-refractivity contribution in [1.82, 2.24) is 15.5 Å². The van der Waals surface area contributed by atoms with Crippen molar-refractivity contribution in [3.8, 4) is 0 Å². The van der Waals surface area contributed by atoms with Crippen molar-refractivity contribution in [3.63, 3.8) is 0 Å². The lowest BCUT2D eigenvalue weighted by atomic mass is 9.92. The Labute approximate surface area is 186 Å². The second-order valence-electron chi connectivity index (χ2n) is 9.63. The zero-order valence-electron chi connectivity index (χ0n) is 18.9. The molecule has 1 fully saturated rings. The smallest absolute Gasteiger partial charge is 0.355 e. The van der Waals surface area contributed by atoms with Crippen molar-refractivity contribution in [3.05, 3.63) is 34.9 Å². The van der Waals surface area contributed by atoms with Gasteiger partial charge < -0.3 is 15.5 Å². The number of nitrogens with one attached hydrogen (secondary N) is 2. The normalized spacial score (nSPS) is 16.1. The average molecular weight is 460 g/mol. The van der Waals surface area contributed by atoms with Crippen LogP contribution in [0.15, 0.2) is 18.2 Å².